The molecule has 0 heterocycles. The third-order valence-corrected chi connectivity index (χ3v) is 3.10. The first-order valence-corrected chi connectivity index (χ1v) is 6.01. The average Bonchev–Trinajstić information content (AvgIpc) is 2.25. The number of hydrogen-bond donors (Lipinski definition) is 3. The summed E-state index contributed by atoms with van der Waals surface area (Å²) in [7, 11) is 0. The summed E-state index contributed by atoms with van der Waals surface area (Å²) >= 11 is 1.80. The monoisotopic (exact) mass is 224 g/mol. The van der Waals surface area contributed by atoms with E-state index in [-0.39, 0.29) is 12.4 Å². The second-order valence-electron chi connectivity index (χ2n) is 3.24. The van der Waals surface area contributed by atoms with Crippen LogP contribution in [0, 0.1) is 5.41 Å². The van der Waals surface area contributed by atoms with Gasteiger partial charge in [-0.3, -0.25) is 5.41 Å². The van der Waals surface area contributed by atoms with Crippen LogP contribution in [0.2, 0.25) is 0 Å². The van der Waals surface area contributed by atoms with Crippen molar-refractivity contribution in [3.8, 4) is 0 Å². The summed E-state index contributed by atoms with van der Waals surface area (Å²) in [4.78, 5) is 0. The molecule has 1 aromatic carbocycles. The number of nitrogens with one attached hydrogen (secondary N) is 1. The summed E-state index contributed by atoms with van der Waals surface area (Å²) in [5, 5.41) is 15.9. The van der Waals surface area contributed by atoms with Crippen LogP contribution >= 0.6 is 11.8 Å². The van der Waals surface area contributed by atoms with Crippen molar-refractivity contribution in [3.05, 3.63) is 35.4 Å². The van der Waals surface area contributed by atoms with Gasteiger partial charge in [0.1, 0.15) is 5.84 Å². The summed E-state index contributed by atoms with van der Waals surface area (Å²) in [6, 6.07) is 7.71. The predicted molar refractivity (Wildman–Crippen MR) is 65.3 cm³/mol. The minimum Gasteiger partial charge on any atom is -0.396 e. The summed E-state index contributed by atoms with van der Waals surface area (Å²) < 4.78 is 0. The van der Waals surface area contributed by atoms with Gasteiger partial charge in [-0.05, 0) is 17.7 Å². The van der Waals surface area contributed by atoms with E-state index in [1.165, 1.54) is 5.56 Å². The maximum atomic E-state index is 8.61. The molecule has 1 aromatic rings. The molecule has 0 saturated heterocycles. The van der Waals surface area contributed by atoms with Crippen molar-refractivity contribution in [1.82, 2.24) is 0 Å². The summed E-state index contributed by atoms with van der Waals surface area (Å²) in [6.07, 6.45) is 0.843. The zero-order chi connectivity index (χ0) is 11.1. The average molecular weight is 224 g/mol. The Morgan fingerprint density at radius 3 is 2.53 bits per heavy atom. The first-order valence-electron chi connectivity index (χ1n) is 4.86. The highest BCUT2D eigenvalue weighted by atomic mass is 32.2. The van der Waals surface area contributed by atoms with E-state index in [1.54, 1.807) is 11.8 Å². The minimum absolute atomic E-state index is 0.106. The minimum atomic E-state index is 0.106. The molecule has 4 N–H and O–H groups in total. The highest BCUT2D eigenvalue weighted by Gasteiger charge is 1.97. The summed E-state index contributed by atoms with van der Waals surface area (Å²) in [6.45, 7) is 0.260. The fraction of sp³-hybridized carbons (Fsp3) is 0.364. The zero-order valence-electron chi connectivity index (χ0n) is 8.57. The van der Waals surface area contributed by atoms with Crippen LogP contribution < -0.4 is 5.73 Å². The zero-order valence-corrected chi connectivity index (χ0v) is 9.39. The van der Waals surface area contributed by atoms with Crippen molar-refractivity contribution < 1.29 is 5.11 Å². The van der Waals surface area contributed by atoms with E-state index in [4.69, 9.17) is 16.2 Å². The van der Waals surface area contributed by atoms with Crippen molar-refractivity contribution >= 4 is 17.6 Å². The van der Waals surface area contributed by atoms with Crippen LogP contribution in [0.15, 0.2) is 24.3 Å². The van der Waals surface area contributed by atoms with Gasteiger partial charge < -0.3 is 10.8 Å². The Balaban J connectivity index is 2.39. The number of aliphatic hydroxyl groups is 1. The number of thioether (sulfide) groups is 1. The number of nitrogen functional groups attached to an aromatic ring is 1. The largest absolute Gasteiger partial charge is 0.396 e. The molecule has 0 atom stereocenters. The molecule has 0 aromatic heterocycles. The number of hydrogen-bond acceptors (Lipinski definition) is 3. The maximum Gasteiger partial charge on any atom is 0.122 e. The van der Waals surface area contributed by atoms with Crippen LogP contribution in [0.1, 0.15) is 17.5 Å². The second kappa shape index (κ2) is 6.48. The van der Waals surface area contributed by atoms with Crippen LogP contribution in [-0.4, -0.2) is 23.3 Å². The van der Waals surface area contributed by atoms with E-state index in [2.05, 4.69) is 0 Å². The van der Waals surface area contributed by atoms with Crippen LogP contribution in [0.4, 0.5) is 0 Å². The van der Waals surface area contributed by atoms with Crippen LogP contribution in [0.3, 0.4) is 0 Å². The Labute approximate surface area is 94.2 Å². The molecular formula is C11H16N2OS. The van der Waals surface area contributed by atoms with Gasteiger partial charge in [0.25, 0.3) is 0 Å². The summed E-state index contributed by atoms with van der Waals surface area (Å²) in [5.74, 6) is 2.03. The van der Waals surface area contributed by atoms with Crippen molar-refractivity contribution in [2.75, 3.05) is 12.4 Å². The van der Waals surface area contributed by atoms with E-state index in [1.807, 2.05) is 24.3 Å². The standard InChI is InChI=1S/C11H16N2OS/c12-11(13)10-4-2-9(3-5-10)8-15-7-1-6-14/h2-5,14H,1,6-8H2,(H3,12,13). The molecule has 0 aliphatic rings. The van der Waals surface area contributed by atoms with E-state index in [9.17, 15) is 0 Å². The Bertz CT molecular complexity index is 311. The smallest absolute Gasteiger partial charge is 0.122 e. The second-order valence-corrected chi connectivity index (χ2v) is 4.35. The fourth-order valence-electron chi connectivity index (χ4n) is 1.14. The van der Waals surface area contributed by atoms with Gasteiger partial charge >= 0.3 is 0 Å². The molecule has 0 fully saturated rings. The SMILES string of the molecule is N=C(N)c1ccc(CSCCCO)cc1. The topological polar surface area (TPSA) is 70.1 Å². The highest BCUT2D eigenvalue weighted by Crippen LogP contribution is 2.13. The first-order chi connectivity index (χ1) is 7.24. The van der Waals surface area contributed by atoms with E-state index in [0.29, 0.717) is 0 Å². The lowest BCUT2D eigenvalue weighted by atomic mass is 10.1. The van der Waals surface area contributed by atoms with Crippen LogP contribution in [0.5, 0.6) is 0 Å². The van der Waals surface area contributed by atoms with Crippen molar-refractivity contribution in [3.63, 3.8) is 0 Å². The van der Waals surface area contributed by atoms with E-state index >= 15 is 0 Å². The summed E-state index contributed by atoms with van der Waals surface area (Å²) in [5.41, 5.74) is 7.34. The molecule has 1 rings (SSSR count). The quantitative estimate of drug-likeness (QED) is 0.390. The van der Waals surface area contributed by atoms with Gasteiger partial charge in [0.05, 0.1) is 0 Å². The van der Waals surface area contributed by atoms with Crippen molar-refractivity contribution in [1.29, 1.82) is 5.41 Å². The third-order valence-electron chi connectivity index (χ3n) is 1.98. The third kappa shape index (κ3) is 4.36. The van der Waals surface area contributed by atoms with Gasteiger partial charge in [-0.15, -0.1) is 0 Å². The molecule has 0 bridgehead atoms. The number of rotatable bonds is 6. The van der Waals surface area contributed by atoms with Gasteiger partial charge in [-0.25, -0.2) is 0 Å². The Hall–Kier alpha value is -1.00. The lowest BCUT2D eigenvalue weighted by Crippen LogP contribution is -2.10. The molecule has 0 aliphatic heterocycles. The van der Waals surface area contributed by atoms with Crippen molar-refractivity contribution in [2.24, 2.45) is 5.73 Å². The molecule has 0 unspecified atom stereocenters. The van der Waals surface area contributed by atoms with Gasteiger partial charge in [0.2, 0.25) is 0 Å². The maximum absolute atomic E-state index is 8.61. The van der Waals surface area contributed by atoms with E-state index in [0.717, 1.165) is 23.5 Å². The number of aliphatic hydroxyl groups excluding tert-OH is 1. The lowest BCUT2D eigenvalue weighted by Gasteiger charge is -2.02. The van der Waals surface area contributed by atoms with Crippen molar-refractivity contribution in [2.45, 2.75) is 12.2 Å². The Morgan fingerprint density at radius 1 is 1.33 bits per heavy atom. The fourth-order valence-corrected chi connectivity index (χ4v) is 2.04. The molecular weight excluding hydrogens is 208 g/mol. The van der Waals surface area contributed by atoms with E-state index < -0.39 is 0 Å². The van der Waals surface area contributed by atoms with Gasteiger partial charge in [-0.1, -0.05) is 24.3 Å². The van der Waals surface area contributed by atoms with Gasteiger partial charge in [0.15, 0.2) is 0 Å². The lowest BCUT2D eigenvalue weighted by molar-refractivity contribution is 0.296. The number of amidine groups is 1. The molecule has 82 valence electrons. The predicted octanol–water partition coefficient (Wildman–Crippen LogP) is 1.59. The van der Waals surface area contributed by atoms with Gasteiger partial charge in [0, 0.05) is 17.9 Å². The Kier molecular flexibility index (Phi) is 5.21. The molecule has 0 radical (unpaired) electrons. The molecule has 3 nitrogen and oxygen atoms in total. The normalized spacial score (nSPS) is 10.2. The molecule has 0 amide bonds. The van der Waals surface area contributed by atoms with Crippen LogP contribution in [0.25, 0.3) is 0 Å². The van der Waals surface area contributed by atoms with Crippen LogP contribution in [-0.2, 0) is 5.75 Å². The first kappa shape index (κ1) is 12.1. The molecule has 4 heteroatoms. The number of benzene rings is 1. The molecule has 15 heavy (non-hydrogen) atoms. The highest BCUT2D eigenvalue weighted by molar-refractivity contribution is 7.98. The molecule has 0 saturated carbocycles. The molecule has 0 aliphatic carbocycles. The van der Waals surface area contributed by atoms with Gasteiger partial charge in [-0.2, -0.15) is 11.8 Å². The molecule has 0 spiro atoms. The number of nitrogens with two attached hydrogens (primary N) is 1. The Morgan fingerprint density at radius 2 is 2.00 bits per heavy atom.